The highest BCUT2D eigenvalue weighted by Crippen LogP contribution is 2.16. The maximum Gasteiger partial charge on any atom is 0.108 e. The molecule has 0 amide bonds. The van der Waals surface area contributed by atoms with E-state index in [-0.39, 0.29) is 0 Å². The second-order valence-electron chi connectivity index (χ2n) is 4.27. The summed E-state index contributed by atoms with van der Waals surface area (Å²) in [4.78, 5) is 4.37. The Labute approximate surface area is 93.7 Å². The van der Waals surface area contributed by atoms with E-state index in [4.69, 9.17) is 0 Å². The van der Waals surface area contributed by atoms with E-state index in [1.54, 1.807) is 0 Å². The highest BCUT2D eigenvalue weighted by molar-refractivity contribution is 4.91. The minimum absolute atomic E-state index is 0.824. The average Bonchev–Trinajstić information content (AvgIpc) is 2.71. The molecule has 0 radical (unpaired) electrons. The van der Waals surface area contributed by atoms with Crippen molar-refractivity contribution in [2.75, 3.05) is 0 Å². The molecule has 0 saturated carbocycles. The van der Waals surface area contributed by atoms with Crippen molar-refractivity contribution in [2.45, 2.75) is 59.4 Å². The van der Waals surface area contributed by atoms with Gasteiger partial charge in [-0.05, 0) is 12.3 Å². The molecule has 1 aromatic heterocycles. The van der Waals surface area contributed by atoms with E-state index in [0.29, 0.717) is 0 Å². The summed E-state index contributed by atoms with van der Waals surface area (Å²) >= 11 is 0. The maximum absolute atomic E-state index is 4.37. The van der Waals surface area contributed by atoms with Gasteiger partial charge in [-0.2, -0.15) is 0 Å². The number of imidazole rings is 1. The highest BCUT2D eigenvalue weighted by atomic mass is 15.1. The van der Waals surface area contributed by atoms with Gasteiger partial charge >= 0.3 is 0 Å². The van der Waals surface area contributed by atoms with Crippen molar-refractivity contribution >= 4 is 0 Å². The maximum atomic E-state index is 4.37. The largest absolute Gasteiger partial charge is 0.335 e. The number of aromatic nitrogens is 2. The highest BCUT2D eigenvalue weighted by Gasteiger charge is 2.08. The normalized spacial score (nSPS) is 13.0. The fourth-order valence-corrected chi connectivity index (χ4v) is 2.02. The molecule has 2 nitrogen and oxygen atoms in total. The summed E-state index contributed by atoms with van der Waals surface area (Å²) in [7, 11) is 0. The van der Waals surface area contributed by atoms with Gasteiger partial charge in [0.15, 0.2) is 0 Å². The first-order valence-corrected chi connectivity index (χ1v) is 6.31. The molecule has 0 saturated heterocycles. The van der Waals surface area contributed by atoms with Gasteiger partial charge in [-0.1, -0.05) is 40.0 Å². The van der Waals surface area contributed by atoms with E-state index in [1.165, 1.54) is 31.5 Å². The molecule has 0 aromatic carbocycles. The van der Waals surface area contributed by atoms with Crippen molar-refractivity contribution in [3.05, 3.63) is 18.2 Å². The Morgan fingerprint density at radius 3 is 2.73 bits per heavy atom. The van der Waals surface area contributed by atoms with Crippen LogP contribution in [0.25, 0.3) is 0 Å². The van der Waals surface area contributed by atoms with Gasteiger partial charge < -0.3 is 4.57 Å². The summed E-state index contributed by atoms with van der Waals surface area (Å²) in [6.07, 6.45) is 10.4. The van der Waals surface area contributed by atoms with Gasteiger partial charge in [0, 0.05) is 25.4 Å². The van der Waals surface area contributed by atoms with Crippen molar-refractivity contribution in [1.82, 2.24) is 9.55 Å². The Balaban J connectivity index is 2.50. The molecular formula is C13H24N2. The van der Waals surface area contributed by atoms with E-state index in [9.17, 15) is 0 Å². The minimum Gasteiger partial charge on any atom is -0.335 e. The lowest BCUT2D eigenvalue weighted by Crippen LogP contribution is -2.11. The topological polar surface area (TPSA) is 17.8 Å². The average molecular weight is 208 g/mol. The predicted molar refractivity (Wildman–Crippen MR) is 64.9 cm³/mol. The number of hydrogen-bond acceptors (Lipinski definition) is 1. The number of aryl methyl sites for hydroxylation is 1. The fourth-order valence-electron chi connectivity index (χ4n) is 2.02. The van der Waals surface area contributed by atoms with E-state index < -0.39 is 0 Å². The van der Waals surface area contributed by atoms with Gasteiger partial charge in [-0.25, -0.2) is 4.98 Å². The molecule has 0 aliphatic rings. The Hall–Kier alpha value is -0.790. The summed E-state index contributed by atoms with van der Waals surface area (Å²) in [5.74, 6) is 2.05. The van der Waals surface area contributed by atoms with Crippen LogP contribution in [0.3, 0.4) is 0 Å². The molecule has 0 fully saturated rings. The Morgan fingerprint density at radius 2 is 2.13 bits per heavy atom. The minimum atomic E-state index is 0.824. The summed E-state index contributed by atoms with van der Waals surface area (Å²) in [6.45, 7) is 7.88. The van der Waals surface area contributed by atoms with Gasteiger partial charge in [0.1, 0.15) is 5.82 Å². The van der Waals surface area contributed by atoms with Gasteiger partial charge in [0.25, 0.3) is 0 Å². The summed E-state index contributed by atoms with van der Waals surface area (Å²) in [5, 5.41) is 0. The van der Waals surface area contributed by atoms with Gasteiger partial charge in [0.2, 0.25) is 0 Å². The van der Waals surface area contributed by atoms with Crippen molar-refractivity contribution in [3.63, 3.8) is 0 Å². The molecule has 0 aliphatic carbocycles. The zero-order chi connectivity index (χ0) is 11.1. The van der Waals surface area contributed by atoms with Crippen LogP contribution in [0.4, 0.5) is 0 Å². The molecule has 86 valence electrons. The van der Waals surface area contributed by atoms with Crippen LogP contribution in [-0.2, 0) is 13.0 Å². The number of nitrogens with zero attached hydrogens (tertiary/aromatic N) is 2. The molecule has 15 heavy (non-hydrogen) atoms. The first kappa shape index (κ1) is 12.3. The molecule has 1 unspecified atom stereocenters. The standard InChI is InChI=1S/C13H24N2/c1-4-7-8-12(5-2)11-15-10-9-14-13(15)6-3/h9-10,12H,4-8,11H2,1-3H3. The fraction of sp³-hybridized carbons (Fsp3) is 0.769. The lowest BCUT2D eigenvalue weighted by Gasteiger charge is -2.16. The quantitative estimate of drug-likeness (QED) is 0.668. The Morgan fingerprint density at radius 1 is 1.33 bits per heavy atom. The van der Waals surface area contributed by atoms with E-state index in [1.807, 2.05) is 6.20 Å². The number of hydrogen-bond donors (Lipinski definition) is 0. The summed E-state index contributed by atoms with van der Waals surface area (Å²) in [6, 6.07) is 0. The van der Waals surface area contributed by atoms with Gasteiger partial charge in [0.05, 0.1) is 0 Å². The lowest BCUT2D eigenvalue weighted by atomic mass is 9.99. The van der Waals surface area contributed by atoms with Crippen molar-refractivity contribution in [1.29, 1.82) is 0 Å². The Bertz CT molecular complexity index is 265. The molecule has 0 aliphatic heterocycles. The number of unbranched alkanes of at least 4 members (excludes halogenated alkanes) is 1. The SMILES string of the molecule is CCCCC(CC)Cn1ccnc1CC. The Kier molecular flexibility index (Phi) is 5.44. The molecule has 0 bridgehead atoms. The van der Waals surface area contributed by atoms with Gasteiger partial charge in [-0.15, -0.1) is 0 Å². The van der Waals surface area contributed by atoms with Crippen LogP contribution in [0.15, 0.2) is 12.4 Å². The smallest absolute Gasteiger partial charge is 0.108 e. The monoisotopic (exact) mass is 208 g/mol. The molecule has 0 spiro atoms. The second kappa shape index (κ2) is 6.65. The third kappa shape index (κ3) is 3.69. The second-order valence-corrected chi connectivity index (χ2v) is 4.27. The van der Waals surface area contributed by atoms with E-state index in [0.717, 1.165) is 18.9 Å². The van der Waals surface area contributed by atoms with Crippen LogP contribution in [0.2, 0.25) is 0 Å². The van der Waals surface area contributed by atoms with Crippen LogP contribution in [0.1, 0.15) is 52.3 Å². The third-order valence-corrected chi connectivity index (χ3v) is 3.12. The first-order valence-electron chi connectivity index (χ1n) is 6.31. The lowest BCUT2D eigenvalue weighted by molar-refractivity contribution is 0.385. The van der Waals surface area contributed by atoms with Gasteiger partial charge in [-0.3, -0.25) is 0 Å². The molecule has 0 N–H and O–H groups in total. The predicted octanol–water partition coefficient (Wildman–Crippen LogP) is 3.66. The van der Waals surface area contributed by atoms with Crippen molar-refractivity contribution in [2.24, 2.45) is 5.92 Å². The zero-order valence-electron chi connectivity index (χ0n) is 10.4. The molecule has 1 heterocycles. The van der Waals surface area contributed by atoms with Crippen LogP contribution in [0.5, 0.6) is 0 Å². The third-order valence-electron chi connectivity index (χ3n) is 3.12. The van der Waals surface area contributed by atoms with Crippen LogP contribution < -0.4 is 0 Å². The van der Waals surface area contributed by atoms with E-state index >= 15 is 0 Å². The summed E-state index contributed by atoms with van der Waals surface area (Å²) < 4.78 is 2.32. The summed E-state index contributed by atoms with van der Waals surface area (Å²) in [5.41, 5.74) is 0. The van der Waals surface area contributed by atoms with Crippen LogP contribution >= 0.6 is 0 Å². The first-order chi connectivity index (χ1) is 7.31. The van der Waals surface area contributed by atoms with Crippen molar-refractivity contribution in [3.8, 4) is 0 Å². The molecule has 1 atom stereocenters. The molecular weight excluding hydrogens is 184 g/mol. The van der Waals surface area contributed by atoms with E-state index in [2.05, 4.69) is 36.5 Å². The van der Waals surface area contributed by atoms with Crippen molar-refractivity contribution < 1.29 is 0 Å². The molecule has 2 heteroatoms. The van der Waals surface area contributed by atoms with Crippen LogP contribution in [-0.4, -0.2) is 9.55 Å². The molecule has 1 aromatic rings. The zero-order valence-corrected chi connectivity index (χ0v) is 10.4. The van der Waals surface area contributed by atoms with Crippen LogP contribution in [0, 0.1) is 5.92 Å². The molecule has 1 rings (SSSR count). The number of rotatable bonds is 7.